The van der Waals surface area contributed by atoms with Crippen molar-refractivity contribution in [1.29, 1.82) is 0 Å². The Balaban J connectivity index is 2.34. The van der Waals surface area contributed by atoms with Crippen molar-refractivity contribution >= 4 is 0 Å². The number of hydrogen-bond donors (Lipinski definition) is 1. The molecule has 118 valence electrons. The molecule has 1 N–H and O–H groups in total. The Labute approximate surface area is 127 Å². The molecule has 0 aliphatic carbocycles. The van der Waals surface area contributed by atoms with Crippen molar-refractivity contribution in [3.8, 4) is 5.75 Å². The Hall–Kier alpha value is -1.13. The summed E-state index contributed by atoms with van der Waals surface area (Å²) in [6.45, 7) is 7.91. The van der Waals surface area contributed by atoms with E-state index in [1.165, 1.54) is 5.56 Å². The molecule has 1 aliphatic rings. The summed E-state index contributed by atoms with van der Waals surface area (Å²) in [4.78, 5) is 2.37. The van der Waals surface area contributed by atoms with E-state index in [9.17, 15) is 4.39 Å². The van der Waals surface area contributed by atoms with Crippen LogP contribution in [-0.2, 0) is 0 Å². The summed E-state index contributed by atoms with van der Waals surface area (Å²) < 4.78 is 18.6. The van der Waals surface area contributed by atoms with Crippen LogP contribution >= 0.6 is 0 Å². The smallest absolute Gasteiger partial charge is 0.123 e. The van der Waals surface area contributed by atoms with E-state index in [0.717, 1.165) is 37.5 Å². The van der Waals surface area contributed by atoms with Crippen molar-refractivity contribution in [1.82, 2.24) is 10.2 Å². The van der Waals surface area contributed by atoms with Gasteiger partial charge in [-0.15, -0.1) is 0 Å². The van der Waals surface area contributed by atoms with Crippen molar-refractivity contribution in [2.75, 3.05) is 40.0 Å². The largest absolute Gasteiger partial charge is 0.496 e. The van der Waals surface area contributed by atoms with Crippen LogP contribution in [0.4, 0.5) is 4.39 Å². The molecule has 4 heteroatoms. The second-order valence-electron chi connectivity index (χ2n) is 5.94. The molecule has 1 aromatic carbocycles. The molecular formula is C17H27FN2O. The molecule has 1 aliphatic heterocycles. The van der Waals surface area contributed by atoms with Gasteiger partial charge in [-0.1, -0.05) is 26.0 Å². The minimum absolute atomic E-state index is 0.103. The van der Waals surface area contributed by atoms with Gasteiger partial charge < -0.3 is 10.1 Å². The zero-order chi connectivity index (χ0) is 15.2. The maximum atomic E-state index is 13.1. The van der Waals surface area contributed by atoms with Gasteiger partial charge in [-0.25, -0.2) is 0 Å². The Morgan fingerprint density at radius 2 is 2.00 bits per heavy atom. The number of methoxy groups -OCH3 is 1. The first-order valence-electron chi connectivity index (χ1n) is 7.86. The fraction of sp³-hybridized carbons (Fsp3) is 0.647. The van der Waals surface area contributed by atoms with Crippen molar-refractivity contribution in [3.63, 3.8) is 0 Å². The van der Waals surface area contributed by atoms with E-state index < -0.39 is 0 Å². The highest BCUT2D eigenvalue weighted by Crippen LogP contribution is 2.34. The number of rotatable bonds is 6. The van der Waals surface area contributed by atoms with E-state index in [-0.39, 0.29) is 12.7 Å². The zero-order valence-electron chi connectivity index (χ0n) is 13.4. The van der Waals surface area contributed by atoms with E-state index in [0.29, 0.717) is 12.3 Å². The highest BCUT2D eigenvalue weighted by Gasteiger charge is 2.25. The summed E-state index contributed by atoms with van der Waals surface area (Å²) in [7, 11) is 1.69. The highest BCUT2D eigenvalue weighted by atomic mass is 19.1. The van der Waals surface area contributed by atoms with Crippen LogP contribution in [0.15, 0.2) is 18.2 Å². The maximum Gasteiger partial charge on any atom is 0.123 e. The van der Waals surface area contributed by atoms with Gasteiger partial charge in [0.05, 0.1) is 13.8 Å². The molecule has 0 aromatic heterocycles. The van der Waals surface area contributed by atoms with Crippen LogP contribution in [0.2, 0.25) is 0 Å². The van der Waals surface area contributed by atoms with E-state index in [4.69, 9.17) is 4.74 Å². The predicted molar refractivity (Wildman–Crippen MR) is 84.9 cm³/mol. The maximum absolute atomic E-state index is 13.1. The van der Waals surface area contributed by atoms with Gasteiger partial charge in [0, 0.05) is 37.8 Å². The number of halogens is 1. The molecule has 21 heavy (non-hydrogen) atoms. The minimum atomic E-state index is -0.302. The Kier molecular flexibility index (Phi) is 6.00. The lowest BCUT2D eigenvalue weighted by molar-refractivity contribution is 0.155. The Morgan fingerprint density at radius 3 is 2.57 bits per heavy atom. The SMILES string of the molecule is COc1ccc(C(C)C)cc1[C@H](CCF)N1CCNCC1. The number of nitrogens with one attached hydrogen (secondary N) is 1. The van der Waals surface area contributed by atoms with Gasteiger partial charge in [0.25, 0.3) is 0 Å². The second kappa shape index (κ2) is 7.76. The third-order valence-electron chi connectivity index (χ3n) is 4.25. The van der Waals surface area contributed by atoms with E-state index in [1.807, 2.05) is 6.07 Å². The monoisotopic (exact) mass is 294 g/mol. The van der Waals surface area contributed by atoms with Gasteiger partial charge in [0.1, 0.15) is 5.75 Å². The van der Waals surface area contributed by atoms with Crippen LogP contribution in [0.5, 0.6) is 5.75 Å². The van der Waals surface area contributed by atoms with Gasteiger partial charge in [0.2, 0.25) is 0 Å². The molecule has 1 atom stereocenters. The summed E-state index contributed by atoms with van der Waals surface area (Å²) in [5, 5.41) is 3.35. The Morgan fingerprint density at radius 1 is 1.29 bits per heavy atom. The number of alkyl halides is 1. The lowest BCUT2D eigenvalue weighted by Crippen LogP contribution is -2.45. The molecule has 1 heterocycles. The number of piperazine rings is 1. The molecule has 0 amide bonds. The molecule has 0 saturated carbocycles. The molecule has 1 fully saturated rings. The van der Waals surface area contributed by atoms with Crippen molar-refractivity contribution in [2.24, 2.45) is 0 Å². The normalized spacial score (nSPS) is 18.0. The fourth-order valence-electron chi connectivity index (χ4n) is 3.00. The van der Waals surface area contributed by atoms with E-state index in [1.54, 1.807) is 7.11 Å². The first kappa shape index (κ1) is 16.2. The van der Waals surface area contributed by atoms with Crippen molar-refractivity contribution in [2.45, 2.75) is 32.2 Å². The van der Waals surface area contributed by atoms with E-state index >= 15 is 0 Å². The van der Waals surface area contributed by atoms with Crippen molar-refractivity contribution in [3.05, 3.63) is 29.3 Å². The first-order chi connectivity index (χ1) is 10.2. The topological polar surface area (TPSA) is 24.5 Å². The molecule has 0 radical (unpaired) electrons. The molecular weight excluding hydrogens is 267 g/mol. The highest BCUT2D eigenvalue weighted by molar-refractivity contribution is 5.40. The van der Waals surface area contributed by atoms with Crippen LogP contribution in [0.1, 0.15) is 43.4 Å². The van der Waals surface area contributed by atoms with Gasteiger partial charge in [-0.05, 0) is 24.0 Å². The summed E-state index contributed by atoms with van der Waals surface area (Å²) >= 11 is 0. The second-order valence-corrected chi connectivity index (χ2v) is 5.94. The number of nitrogens with zero attached hydrogens (tertiary/aromatic N) is 1. The molecule has 0 unspecified atom stereocenters. The van der Waals surface area contributed by atoms with Gasteiger partial charge in [-0.2, -0.15) is 0 Å². The van der Waals surface area contributed by atoms with E-state index in [2.05, 4.69) is 36.2 Å². The van der Waals surface area contributed by atoms with Crippen LogP contribution in [0.25, 0.3) is 0 Å². The minimum Gasteiger partial charge on any atom is -0.496 e. The zero-order valence-corrected chi connectivity index (χ0v) is 13.4. The predicted octanol–water partition coefficient (Wildman–Crippen LogP) is 3.12. The van der Waals surface area contributed by atoms with Crippen molar-refractivity contribution < 1.29 is 9.13 Å². The fourth-order valence-corrected chi connectivity index (χ4v) is 3.00. The standard InChI is InChI=1S/C17H27FN2O/c1-13(2)14-4-5-17(21-3)15(12-14)16(6-7-18)20-10-8-19-9-11-20/h4-5,12-13,16,19H,6-11H2,1-3H3/t16-/m0/s1. The Bertz CT molecular complexity index is 444. The molecule has 1 aromatic rings. The molecule has 0 bridgehead atoms. The lowest BCUT2D eigenvalue weighted by atomic mass is 9.94. The number of hydrogen-bond acceptors (Lipinski definition) is 3. The van der Waals surface area contributed by atoms with Gasteiger partial charge in [0.15, 0.2) is 0 Å². The summed E-state index contributed by atoms with van der Waals surface area (Å²) in [6, 6.07) is 6.44. The molecule has 2 rings (SSSR count). The summed E-state index contributed by atoms with van der Waals surface area (Å²) in [6.07, 6.45) is 0.526. The summed E-state index contributed by atoms with van der Waals surface area (Å²) in [5.74, 6) is 1.33. The third kappa shape index (κ3) is 3.95. The third-order valence-corrected chi connectivity index (χ3v) is 4.25. The lowest BCUT2D eigenvalue weighted by Gasteiger charge is -2.35. The van der Waals surface area contributed by atoms with Crippen LogP contribution in [0, 0.1) is 0 Å². The number of benzene rings is 1. The van der Waals surface area contributed by atoms with Gasteiger partial charge in [-0.3, -0.25) is 9.29 Å². The summed E-state index contributed by atoms with van der Waals surface area (Å²) in [5.41, 5.74) is 2.41. The first-order valence-corrected chi connectivity index (χ1v) is 7.86. The average molecular weight is 294 g/mol. The quantitative estimate of drug-likeness (QED) is 0.872. The number of ether oxygens (including phenoxy) is 1. The average Bonchev–Trinajstić information content (AvgIpc) is 2.52. The molecule has 1 saturated heterocycles. The molecule has 3 nitrogen and oxygen atoms in total. The van der Waals surface area contributed by atoms with Crippen LogP contribution in [0.3, 0.4) is 0 Å². The van der Waals surface area contributed by atoms with Crippen LogP contribution < -0.4 is 10.1 Å². The van der Waals surface area contributed by atoms with Crippen LogP contribution in [-0.4, -0.2) is 44.9 Å². The van der Waals surface area contributed by atoms with Gasteiger partial charge >= 0.3 is 0 Å². The molecule has 0 spiro atoms.